The van der Waals surface area contributed by atoms with Gasteiger partial charge in [-0.15, -0.1) is 0 Å². The summed E-state index contributed by atoms with van der Waals surface area (Å²) in [5.41, 5.74) is 0.531. The molecule has 100 valence electrons. The van der Waals surface area contributed by atoms with Crippen molar-refractivity contribution in [2.24, 2.45) is 11.8 Å². The monoisotopic (exact) mass is 253 g/mol. The Bertz CT molecular complexity index is 392. The SMILES string of the molecule is CCNCC1CCCC1Cc1cccc(F)c1F. The summed E-state index contributed by atoms with van der Waals surface area (Å²) in [5.74, 6) is -0.298. The molecule has 0 spiro atoms. The minimum absolute atomic E-state index is 0.486. The maximum atomic E-state index is 13.6. The Morgan fingerprint density at radius 2 is 2.00 bits per heavy atom. The van der Waals surface area contributed by atoms with Crippen LogP contribution in [0.1, 0.15) is 31.7 Å². The van der Waals surface area contributed by atoms with E-state index < -0.39 is 11.6 Å². The van der Waals surface area contributed by atoms with Gasteiger partial charge in [-0.05, 0) is 55.8 Å². The fourth-order valence-electron chi connectivity index (χ4n) is 2.97. The molecule has 3 heteroatoms. The molecule has 0 saturated heterocycles. The van der Waals surface area contributed by atoms with E-state index in [1.165, 1.54) is 18.9 Å². The van der Waals surface area contributed by atoms with Crippen molar-refractivity contribution in [3.63, 3.8) is 0 Å². The lowest BCUT2D eigenvalue weighted by atomic mass is 9.89. The van der Waals surface area contributed by atoms with E-state index in [0.29, 0.717) is 23.8 Å². The van der Waals surface area contributed by atoms with Gasteiger partial charge in [0.1, 0.15) is 0 Å². The van der Waals surface area contributed by atoms with Crippen LogP contribution in [0.4, 0.5) is 8.78 Å². The first-order valence-electron chi connectivity index (χ1n) is 6.86. The highest BCUT2D eigenvalue weighted by Gasteiger charge is 2.27. The number of halogens is 2. The van der Waals surface area contributed by atoms with Crippen molar-refractivity contribution in [2.45, 2.75) is 32.6 Å². The predicted octanol–water partition coefficient (Wildman–Crippen LogP) is 3.53. The molecule has 0 heterocycles. The smallest absolute Gasteiger partial charge is 0.162 e. The second-order valence-electron chi connectivity index (χ2n) is 5.18. The molecular formula is C15H21F2N. The summed E-state index contributed by atoms with van der Waals surface area (Å²) in [7, 11) is 0. The lowest BCUT2D eigenvalue weighted by Gasteiger charge is -2.20. The van der Waals surface area contributed by atoms with E-state index in [1.807, 2.05) is 0 Å². The number of nitrogens with one attached hydrogen (secondary N) is 1. The van der Waals surface area contributed by atoms with Crippen LogP contribution >= 0.6 is 0 Å². The molecule has 2 rings (SSSR count). The summed E-state index contributed by atoms with van der Waals surface area (Å²) in [4.78, 5) is 0. The van der Waals surface area contributed by atoms with Gasteiger partial charge < -0.3 is 5.32 Å². The van der Waals surface area contributed by atoms with E-state index in [9.17, 15) is 8.78 Å². The van der Waals surface area contributed by atoms with Gasteiger partial charge in [0.05, 0.1) is 0 Å². The van der Waals surface area contributed by atoms with Gasteiger partial charge in [0.25, 0.3) is 0 Å². The fourth-order valence-corrected chi connectivity index (χ4v) is 2.97. The average Bonchev–Trinajstić information content (AvgIpc) is 2.80. The van der Waals surface area contributed by atoms with E-state index in [0.717, 1.165) is 19.5 Å². The van der Waals surface area contributed by atoms with Crippen LogP contribution in [0.15, 0.2) is 18.2 Å². The van der Waals surface area contributed by atoms with E-state index in [1.54, 1.807) is 12.1 Å². The Morgan fingerprint density at radius 3 is 2.78 bits per heavy atom. The van der Waals surface area contributed by atoms with Gasteiger partial charge in [-0.3, -0.25) is 0 Å². The van der Waals surface area contributed by atoms with Crippen molar-refractivity contribution < 1.29 is 8.78 Å². The molecule has 2 atom stereocenters. The van der Waals surface area contributed by atoms with Crippen LogP contribution in [0.5, 0.6) is 0 Å². The maximum Gasteiger partial charge on any atom is 0.162 e. The lowest BCUT2D eigenvalue weighted by Crippen LogP contribution is -2.26. The third-order valence-corrected chi connectivity index (χ3v) is 3.99. The van der Waals surface area contributed by atoms with Gasteiger partial charge in [-0.1, -0.05) is 25.5 Å². The molecule has 1 aromatic carbocycles. The van der Waals surface area contributed by atoms with Crippen LogP contribution in [0, 0.1) is 23.5 Å². The average molecular weight is 253 g/mol. The standard InChI is InChI=1S/C15H21F2N/c1-2-18-10-13-7-3-5-11(13)9-12-6-4-8-14(16)15(12)17/h4,6,8,11,13,18H,2-3,5,7,9-10H2,1H3. The summed E-state index contributed by atoms with van der Waals surface area (Å²) in [6.45, 7) is 4.06. The molecule has 0 bridgehead atoms. The summed E-state index contributed by atoms with van der Waals surface area (Å²) >= 11 is 0. The summed E-state index contributed by atoms with van der Waals surface area (Å²) in [6, 6.07) is 4.49. The summed E-state index contributed by atoms with van der Waals surface area (Å²) < 4.78 is 26.8. The molecule has 0 amide bonds. The van der Waals surface area contributed by atoms with Gasteiger partial charge in [0.15, 0.2) is 11.6 Å². The lowest BCUT2D eigenvalue weighted by molar-refractivity contribution is 0.362. The van der Waals surface area contributed by atoms with Gasteiger partial charge in [-0.25, -0.2) is 8.78 Å². The normalized spacial score (nSPS) is 23.5. The number of benzene rings is 1. The van der Waals surface area contributed by atoms with Crippen molar-refractivity contribution in [1.82, 2.24) is 5.32 Å². The van der Waals surface area contributed by atoms with Crippen molar-refractivity contribution in [1.29, 1.82) is 0 Å². The van der Waals surface area contributed by atoms with E-state index in [4.69, 9.17) is 0 Å². The topological polar surface area (TPSA) is 12.0 Å². The van der Waals surface area contributed by atoms with Crippen LogP contribution in [0.2, 0.25) is 0 Å². The Labute approximate surface area is 108 Å². The van der Waals surface area contributed by atoms with Crippen molar-refractivity contribution in [3.8, 4) is 0 Å². The first-order valence-corrected chi connectivity index (χ1v) is 6.86. The Kier molecular flexibility index (Phi) is 4.70. The first kappa shape index (κ1) is 13.5. The number of hydrogen-bond donors (Lipinski definition) is 1. The molecule has 2 unspecified atom stereocenters. The molecular weight excluding hydrogens is 232 g/mol. The molecule has 18 heavy (non-hydrogen) atoms. The Hall–Kier alpha value is -0.960. The van der Waals surface area contributed by atoms with Crippen molar-refractivity contribution in [3.05, 3.63) is 35.4 Å². The van der Waals surface area contributed by atoms with Crippen LogP contribution in [0.25, 0.3) is 0 Å². The van der Waals surface area contributed by atoms with Crippen molar-refractivity contribution >= 4 is 0 Å². The van der Waals surface area contributed by atoms with Gasteiger partial charge >= 0.3 is 0 Å². The molecule has 1 saturated carbocycles. The van der Waals surface area contributed by atoms with E-state index in [-0.39, 0.29) is 0 Å². The van der Waals surface area contributed by atoms with Gasteiger partial charge in [0.2, 0.25) is 0 Å². The first-order chi connectivity index (χ1) is 8.72. The van der Waals surface area contributed by atoms with Crippen LogP contribution < -0.4 is 5.32 Å². The highest BCUT2D eigenvalue weighted by Crippen LogP contribution is 2.34. The molecule has 1 aliphatic rings. The van der Waals surface area contributed by atoms with Crippen LogP contribution in [0.3, 0.4) is 0 Å². The predicted molar refractivity (Wildman–Crippen MR) is 69.4 cm³/mol. The van der Waals surface area contributed by atoms with Crippen molar-refractivity contribution in [2.75, 3.05) is 13.1 Å². The molecule has 0 aliphatic heterocycles. The molecule has 1 N–H and O–H groups in total. The van der Waals surface area contributed by atoms with E-state index in [2.05, 4.69) is 12.2 Å². The maximum absolute atomic E-state index is 13.6. The molecule has 1 fully saturated rings. The zero-order valence-corrected chi connectivity index (χ0v) is 10.9. The molecule has 1 nitrogen and oxygen atoms in total. The van der Waals surface area contributed by atoms with Crippen LogP contribution in [-0.4, -0.2) is 13.1 Å². The van der Waals surface area contributed by atoms with E-state index >= 15 is 0 Å². The molecule has 0 aromatic heterocycles. The van der Waals surface area contributed by atoms with Crippen LogP contribution in [-0.2, 0) is 6.42 Å². The highest BCUT2D eigenvalue weighted by molar-refractivity contribution is 5.19. The minimum atomic E-state index is -0.728. The highest BCUT2D eigenvalue weighted by atomic mass is 19.2. The summed E-state index contributed by atoms with van der Waals surface area (Å²) in [6.07, 6.45) is 4.21. The Balaban J connectivity index is 2.01. The van der Waals surface area contributed by atoms with Gasteiger partial charge in [0, 0.05) is 0 Å². The third-order valence-electron chi connectivity index (χ3n) is 3.99. The minimum Gasteiger partial charge on any atom is -0.317 e. The molecule has 1 aromatic rings. The zero-order valence-electron chi connectivity index (χ0n) is 10.9. The fraction of sp³-hybridized carbons (Fsp3) is 0.600. The molecule has 0 radical (unpaired) electrons. The molecule has 1 aliphatic carbocycles. The largest absolute Gasteiger partial charge is 0.317 e. The summed E-state index contributed by atoms with van der Waals surface area (Å²) in [5, 5.41) is 3.36. The van der Waals surface area contributed by atoms with Gasteiger partial charge in [-0.2, -0.15) is 0 Å². The number of hydrogen-bond acceptors (Lipinski definition) is 1. The number of rotatable bonds is 5. The quantitative estimate of drug-likeness (QED) is 0.846. The zero-order chi connectivity index (χ0) is 13.0. The second kappa shape index (κ2) is 6.28. The third kappa shape index (κ3) is 3.08. The Morgan fingerprint density at radius 1 is 1.22 bits per heavy atom. The second-order valence-corrected chi connectivity index (χ2v) is 5.18.